The van der Waals surface area contributed by atoms with Crippen molar-refractivity contribution in [3.8, 4) is 0 Å². The lowest BCUT2D eigenvalue weighted by Gasteiger charge is -2.12. The van der Waals surface area contributed by atoms with Crippen LogP contribution in [-0.2, 0) is 4.79 Å². The summed E-state index contributed by atoms with van der Waals surface area (Å²) in [5.74, 6) is 0.581. The number of aliphatic hydroxyl groups excluding tert-OH is 1. The van der Waals surface area contributed by atoms with Crippen LogP contribution in [0, 0.1) is 5.92 Å². The number of nitrogens with zero attached hydrogens (tertiary/aromatic N) is 1. The monoisotopic (exact) mass is 282 g/mol. The van der Waals surface area contributed by atoms with Crippen LogP contribution in [0.15, 0.2) is 5.38 Å². The van der Waals surface area contributed by atoms with Gasteiger partial charge in [-0.25, -0.2) is 4.98 Å². The van der Waals surface area contributed by atoms with Gasteiger partial charge in [0.25, 0.3) is 0 Å². The third kappa shape index (κ3) is 4.58. The van der Waals surface area contributed by atoms with Gasteiger partial charge in [-0.05, 0) is 25.7 Å². The summed E-state index contributed by atoms with van der Waals surface area (Å²) in [4.78, 5) is 16.2. The lowest BCUT2D eigenvalue weighted by Crippen LogP contribution is -2.16. The van der Waals surface area contributed by atoms with E-state index >= 15 is 0 Å². The highest BCUT2D eigenvalue weighted by Gasteiger charge is 2.17. The molecule has 1 fully saturated rings. The molecule has 106 valence electrons. The molecule has 1 aliphatic rings. The molecular weight excluding hydrogens is 260 g/mol. The molecule has 0 bridgehead atoms. The quantitative estimate of drug-likeness (QED) is 0.831. The zero-order valence-corrected chi connectivity index (χ0v) is 12.2. The smallest absolute Gasteiger partial charge is 0.226 e. The van der Waals surface area contributed by atoms with E-state index in [0.717, 1.165) is 0 Å². The van der Waals surface area contributed by atoms with Crippen LogP contribution in [-0.4, -0.2) is 16.0 Å². The highest BCUT2D eigenvalue weighted by molar-refractivity contribution is 7.13. The second-order valence-corrected chi connectivity index (χ2v) is 6.22. The SMILES string of the molecule is CC(O)c1csc(NC(=O)CC2CCCCCC2)n1. The van der Waals surface area contributed by atoms with Gasteiger partial charge in [-0.15, -0.1) is 11.3 Å². The Morgan fingerprint density at radius 2 is 2.16 bits per heavy atom. The molecule has 1 unspecified atom stereocenters. The van der Waals surface area contributed by atoms with Crippen LogP contribution in [0.3, 0.4) is 0 Å². The number of thiazole rings is 1. The summed E-state index contributed by atoms with van der Waals surface area (Å²) in [6.07, 6.45) is 7.48. The van der Waals surface area contributed by atoms with Crippen molar-refractivity contribution in [2.75, 3.05) is 5.32 Å². The summed E-state index contributed by atoms with van der Waals surface area (Å²) < 4.78 is 0. The van der Waals surface area contributed by atoms with E-state index in [-0.39, 0.29) is 5.91 Å². The predicted molar refractivity (Wildman–Crippen MR) is 77.2 cm³/mol. The van der Waals surface area contributed by atoms with Crippen LogP contribution in [0.2, 0.25) is 0 Å². The lowest BCUT2D eigenvalue weighted by atomic mass is 9.96. The number of carbonyl (C=O) groups is 1. The maximum absolute atomic E-state index is 12.0. The van der Waals surface area contributed by atoms with Gasteiger partial charge in [0.05, 0.1) is 11.8 Å². The van der Waals surface area contributed by atoms with Gasteiger partial charge in [-0.2, -0.15) is 0 Å². The molecule has 0 aliphatic heterocycles. The van der Waals surface area contributed by atoms with Crippen LogP contribution in [0.4, 0.5) is 5.13 Å². The van der Waals surface area contributed by atoms with Crippen LogP contribution >= 0.6 is 11.3 Å². The Balaban J connectivity index is 1.82. The van der Waals surface area contributed by atoms with Crippen LogP contribution in [0.5, 0.6) is 0 Å². The summed E-state index contributed by atoms with van der Waals surface area (Å²) in [5.41, 5.74) is 0.620. The van der Waals surface area contributed by atoms with Crippen LogP contribution < -0.4 is 5.32 Å². The van der Waals surface area contributed by atoms with E-state index in [1.807, 2.05) is 0 Å². The zero-order chi connectivity index (χ0) is 13.7. The summed E-state index contributed by atoms with van der Waals surface area (Å²) in [6.45, 7) is 1.67. The molecule has 0 saturated heterocycles. The fourth-order valence-corrected chi connectivity index (χ4v) is 3.35. The largest absolute Gasteiger partial charge is 0.387 e. The van der Waals surface area contributed by atoms with Crippen LogP contribution in [0.25, 0.3) is 0 Å². The van der Waals surface area contributed by atoms with Gasteiger partial charge in [-0.1, -0.05) is 25.7 Å². The number of nitrogens with one attached hydrogen (secondary N) is 1. The third-order valence-electron chi connectivity index (χ3n) is 3.65. The Kier molecular flexibility index (Phi) is 5.34. The van der Waals surface area contributed by atoms with E-state index in [2.05, 4.69) is 10.3 Å². The van der Waals surface area contributed by atoms with Gasteiger partial charge < -0.3 is 10.4 Å². The number of hydrogen-bond donors (Lipinski definition) is 2. The molecule has 4 nitrogen and oxygen atoms in total. The first-order chi connectivity index (χ1) is 9.15. The molecule has 1 amide bonds. The van der Waals surface area contributed by atoms with Crippen molar-refractivity contribution in [3.05, 3.63) is 11.1 Å². The van der Waals surface area contributed by atoms with Gasteiger partial charge in [0.1, 0.15) is 0 Å². The maximum atomic E-state index is 12.0. The van der Waals surface area contributed by atoms with Gasteiger partial charge in [0, 0.05) is 11.8 Å². The van der Waals surface area contributed by atoms with Crippen molar-refractivity contribution in [3.63, 3.8) is 0 Å². The molecule has 0 spiro atoms. The van der Waals surface area contributed by atoms with E-state index in [1.54, 1.807) is 12.3 Å². The first kappa shape index (κ1) is 14.5. The minimum Gasteiger partial charge on any atom is -0.387 e. The van der Waals surface area contributed by atoms with Crippen molar-refractivity contribution in [2.45, 2.75) is 58.0 Å². The molecule has 19 heavy (non-hydrogen) atoms. The predicted octanol–water partition coefficient (Wildman–Crippen LogP) is 3.50. The normalized spacial score (nSPS) is 18.8. The van der Waals surface area contributed by atoms with Crippen LogP contribution in [0.1, 0.15) is 63.7 Å². The Morgan fingerprint density at radius 3 is 2.74 bits per heavy atom. The molecule has 0 radical (unpaired) electrons. The first-order valence-electron chi connectivity index (χ1n) is 7.08. The summed E-state index contributed by atoms with van der Waals surface area (Å²) in [5, 5.41) is 14.6. The number of aromatic nitrogens is 1. The van der Waals surface area contributed by atoms with E-state index < -0.39 is 6.10 Å². The second-order valence-electron chi connectivity index (χ2n) is 5.36. The Hall–Kier alpha value is -0.940. The summed E-state index contributed by atoms with van der Waals surface area (Å²) in [6, 6.07) is 0. The Morgan fingerprint density at radius 1 is 1.47 bits per heavy atom. The summed E-state index contributed by atoms with van der Waals surface area (Å²) in [7, 11) is 0. The van der Waals surface area contributed by atoms with E-state index in [4.69, 9.17) is 0 Å². The van der Waals surface area contributed by atoms with Gasteiger partial charge in [0.15, 0.2) is 5.13 Å². The molecule has 1 aliphatic carbocycles. The molecule has 2 rings (SSSR count). The Labute approximate surface area is 118 Å². The number of carbonyl (C=O) groups excluding carboxylic acids is 1. The minimum absolute atomic E-state index is 0.0541. The zero-order valence-electron chi connectivity index (χ0n) is 11.4. The number of amides is 1. The molecule has 1 atom stereocenters. The number of hydrogen-bond acceptors (Lipinski definition) is 4. The highest BCUT2D eigenvalue weighted by Crippen LogP contribution is 2.26. The average molecular weight is 282 g/mol. The molecule has 1 heterocycles. The standard InChI is InChI=1S/C14H22N2O2S/c1-10(17)12-9-19-14(15-12)16-13(18)8-11-6-4-2-3-5-7-11/h9-11,17H,2-8H2,1H3,(H,15,16,18). The first-order valence-corrected chi connectivity index (χ1v) is 7.96. The molecule has 1 saturated carbocycles. The number of anilines is 1. The van der Waals surface area contributed by atoms with E-state index in [9.17, 15) is 9.90 Å². The minimum atomic E-state index is -0.580. The average Bonchev–Trinajstić information content (AvgIpc) is 2.67. The highest BCUT2D eigenvalue weighted by atomic mass is 32.1. The third-order valence-corrected chi connectivity index (χ3v) is 4.42. The number of aliphatic hydroxyl groups is 1. The second kappa shape index (κ2) is 7.01. The topological polar surface area (TPSA) is 62.2 Å². The van der Waals surface area contributed by atoms with Crippen molar-refractivity contribution in [2.24, 2.45) is 5.92 Å². The van der Waals surface area contributed by atoms with E-state index in [1.165, 1.54) is 49.9 Å². The van der Waals surface area contributed by atoms with Gasteiger partial charge >= 0.3 is 0 Å². The molecule has 0 aromatic carbocycles. The molecule has 2 N–H and O–H groups in total. The lowest BCUT2D eigenvalue weighted by molar-refractivity contribution is -0.117. The fraction of sp³-hybridized carbons (Fsp3) is 0.714. The van der Waals surface area contributed by atoms with E-state index in [0.29, 0.717) is 23.2 Å². The van der Waals surface area contributed by atoms with Crippen molar-refractivity contribution in [1.29, 1.82) is 0 Å². The molecule has 5 heteroatoms. The van der Waals surface area contributed by atoms with Gasteiger partial charge in [0.2, 0.25) is 5.91 Å². The maximum Gasteiger partial charge on any atom is 0.226 e. The fourth-order valence-electron chi connectivity index (χ4n) is 2.54. The van der Waals surface area contributed by atoms with Crippen molar-refractivity contribution in [1.82, 2.24) is 4.98 Å². The molecular formula is C14H22N2O2S. The van der Waals surface area contributed by atoms with Crippen molar-refractivity contribution >= 4 is 22.4 Å². The van der Waals surface area contributed by atoms with Gasteiger partial charge in [-0.3, -0.25) is 4.79 Å². The number of rotatable bonds is 4. The Bertz CT molecular complexity index is 409. The van der Waals surface area contributed by atoms with Crippen molar-refractivity contribution < 1.29 is 9.90 Å². The molecule has 1 aromatic heterocycles. The molecule has 1 aromatic rings. The summed E-state index contributed by atoms with van der Waals surface area (Å²) >= 11 is 1.37.